The van der Waals surface area contributed by atoms with Gasteiger partial charge in [-0.2, -0.15) is 4.72 Å². The molecule has 0 aromatic heterocycles. The maximum atomic E-state index is 13.6. The quantitative estimate of drug-likeness (QED) is 0.803. The van der Waals surface area contributed by atoms with E-state index in [-0.39, 0.29) is 5.92 Å². The predicted octanol–water partition coefficient (Wildman–Crippen LogP) is 1.65. The van der Waals surface area contributed by atoms with Gasteiger partial charge in [0.15, 0.2) is 0 Å². The van der Waals surface area contributed by atoms with Gasteiger partial charge in [0.1, 0.15) is 16.8 Å². The molecular weight excluding hydrogens is 295 g/mol. The van der Waals surface area contributed by atoms with Crippen LogP contribution in [0.25, 0.3) is 0 Å². The van der Waals surface area contributed by atoms with Crippen molar-refractivity contribution in [1.29, 1.82) is 0 Å². The Morgan fingerprint density at radius 3 is 2.43 bits per heavy atom. The van der Waals surface area contributed by atoms with E-state index in [0.717, 1.165) is 12.5 Å². The lowest BCUT2D eigenvalue weighted by Crippen LogP contribution is -2.49. The molecule has 0 fully saturated rings. The topological polar surface area (TPSA) is 75.3 Å². The van der Waals surface area contributed by atoms with E-state index in [1.807, 2.05) is 6.92 Å². The van der Waals surface area contributed by atoms with Crippen LogP contribution in [0.3, 0.4) is 0 Å². The number of halogens is 1. The first-order valence-corrected chi connectivity index (χ1v) is 8.32. The molecule has 1 aromatic carbocycles. The fraction of sp³-hybridized carbons (Fsp3) is 0.500. The highest BCUT2D eigenvalue weighted by atomic mass is 32.2. The van der Waals surface area contributed by atoms with Crippen LogP contribution in [0.1, 0.15) is 27.2 Å². The molecule has 0 saturated heterocycles. The van der Waals surface area contributed by atoms with Crippen LogP contribution in [0.2, 0.25) is 0 Å². The lowest BCUT2D eigenvalue weighted by Gasteiger charge is -2.21. The monoisotopic (exact) mass is 316 g/mol. The molecule has 1 rings (SSSR count). The van der Waals surface area contributed by atoms with Crippen molar-refractivity contribution in [1.82, 2.24) is 10.0 Å². The second-order valence-electron chi connectivity index (χ2n) is 5.06. The van der Waals surface area contributed by atoms with Gasteiger partial charge >= 0.3 is 0 Å². The average Bonchev–Trinajstić information content (AvgIpc) is 2.42. The highest BCUT2D eigenvalue weighted by Gasteiger charge is 2.29. The van der Waals surface area contributed by atoms with Crippen LogP contribution < -0.4 is 10.0 Å². The van der Waals surface area contributed by atoms with E-state index in [0.29, 0.717) is 6.54 Å². The summed E-state index contributed by atoms with van der Waals surface area (Å²) in [4.78, 5) is 11.5. The van der Waals surface area contributed by atoms with Gasteiger partial charge in [0, 0.05) is 6.54 Å². The van der Waals surface area contributed by atoms with Crippen molar-refractivity contribution < 1.29 is 17.6 Å². The minimum atomic E-state index is -4.09. The summed E-state index contributed by atoms with van der Waals surface area (Å²) in [6.45, 7) is 5.80. The molecule has 0 aliphatic rings. The zero-order valence-corrected chi connectivity index (χ0v) is 13.2. The molecule has 1 amide bonds. The van der Waals surface area contributed by atoms with Crippen LogP contribution in [0.5, 0.6) is 0 Å². The summed E-state index contributed by atoms with van der Waals surface area (Å²) < 4.78 is 40.3. The molecule has 0 saturated carbocycles. The van der Waals surface area contributed by atoms with Crippen molar-refractivity contribution in [2.75, 3.05) is 6.54 Å². The molecule has 0 radical (unpaired) electrons. The Balaban J connectivity index is 2.98. The number of carbonyl (C=O) groups is 1. The van der Waals surface area contributed by atoms with E-state index >= 15 is 0 Å². The first kappa shape index (κ1) is 17.6. The summed E-state index contributed by atoms with van der Waals surface area (Å²) in [6.07, 6.45) is 0.747. The highest BCUT2D eigenvalue weighted by Crippen LogP contribution is 2.15. The van der Waals surface area contributed by atoms with Gasteiger partial charge in [0.2, 0.25) is 15.9 Å². The largest absolute Gasteiger partial charge is 0.355 e. The van der Waals surface area contributed by atoms with Crippen LogP contribution in [0.15, 0.2) is 29.2 Å². The summed E-state index contributed by atoms with van der Waals surface area (Å²) in [5.74, 6) is -1.52. The molecule has 0 aliphatic heterocycles. The number of sulfonamides is 1. The second-order valence-corrected chi connectivity index (χ2v) is 6.75. The van der Waals surface area contributed by atoms with Crippen molar-refractivity contribution in [2.24, 2.45) is 5.92 Å². The third-order valence-electron chi connectivity index (χ3n) is 2.91. The Hall–Kier alpha value is -1.47. The Kier molecular flexibility index (Phi) is 6.29. The summed E-state index contributed by atoms with van der Waals surface area (Å²) in [7, 11) is -4.09. The number of benzene rings is 1. The molecule has 5 nitrogen and oxygen atoms in total. The van der Waals surface area contributed by atoms with Gasteiger partial charge < -0.3 is 5.32 Å². The molecule has 7 heteroatoms. The Bertz CT molecular complexity index is 588. The van der Waals surface area contributed by atoms with Gasteiger partial charge in [-0.1, -0.05) is 32.9 Å². The van der Waals surface area contributed by atoms with Crippen LogP contribution >= 0.6 is 0 Å². The highest BCUT2D eigenvalue weighted by molar-refractivity contribution is 7.89. The predicted molar refractivity (Wildman–Crippen MR) is 78.6 cm³/mol. The average molecular weight is 316 g/mol. The zero-order valence-electron chi connectivity index (χ0n) is 12.4. The number of carbonyl (C=O) groups excluding carboxylic acids is 1. The first-order chi connectivity index (χ1) is 9.79. The van der Waals surface area contributed by atoms with Gasteiger partial charge in [0.05, 0.1) is 0 Å². The van der Waals surface area contributed by atoms with Crippen molar-refractivity contribution in [3.8, 4) is 0 Å². The standard InChI is InChI=1S/C14H21FN2O3S/c1-4-9-16-14(18)13(10(2)3)17-21(19,20)12-8-6-5-7-11(12)15/h5-8,10,13,17H,4,9H2,1-3H3,(H,16,18)/t13-/m0/s1. The Labute approximate surface area is 125 Å². The Morgan fingerprint density at radius 2 is 1.90 bits per heavy atom. The number of hydrogen-bond acceptors (Lipinski definition) is 3. The van der Waals surface area contributed by atoms with E-state index in [2.05, 4.69) is 10.0 Å². The lowest BCUT2D eigenvalue weighted by atomic mass is 10.1. The molecule has 2 N–H and O–H groups in total. The third kappa shape index (κ3) is 4.78. The molecule has 118 valence electrons. The van der Waals surface area contributed by atoms with Crippen molar-refractivity contribution in [3.63, 3.8) is 0 Å². The van der Waals surface area contributed by atoms with Crippen LogP contribution in [-0.2, 0) is 14.8 Å². The van der Waals surface area contributed by atoms with Crippen LogP contribution in [0, 0.1) is 11.7 Å². The van der Waals surface area contributed by atoms with E-state index in [1.165, 1.54) is 18.2 Å². The molecule has 0 unspecified atom stereocenters. The molecular formula is C14H21FN2O3S. The summed E-state index contributed by atoms with van der Waals surface area (Å²) in [6, 6.07) is 4.12. The van der Waals surface area contributed by atoms with Gasteiger partial charge in [0.25, 0.3) is 0 Å². The SMILES string of the molecule is CCCNC(=O)[C@@H](NS(=O)(=O)c1ccccc1F)C(C)C. The van der Waals surface area contributed by atoms with Crippen molar-refractivity contribution >= 4 is 15.9 Å². The fourth-order valence-corrected chi connectivity index (χ4v) is 3.17. The lowest BCUT2D eigenvalue weighted by molar-refractivity contribution is -0.123. The summed E-state index contributed by atoms with van der Waals surface area (Å²) in [5.41, 5.74) is 0. The van der Waals surface area contributed by atoms with Crippen LogP contribution in [-0.4, -0.2) is 26.9 Å². The first-order valence-electron chi connectivity index (χ1n) is 6.84. The van der Waals surface area contributed by atoms with E-state index in [1.54, 1.807) is 13.8 Å². The number of amides is 1. The molecule has 0 heterocycles. The van der Waals surface area contributed by atoms with E-state index in [4.69, 9.17) is 0 Å². The summed E-state index contributed by atoms with van der Waals surface area (Å²) in [5, 5.41) is 2.64. The van der Waals surface area contributed by atoms with Gasteiger partial charge in [-0.05, 0) is 24.5 Å². The minimum absolute atomic E-state index is 0.261. The van der Waals surface area contributed by atoms with Crippen LogP contribution in [0.4, 0.5) is 4.39 Å². The minimum Gasteiger partial charge on any atom is -0.355 e. The fourth-order valence-electron chi connectivity index (χ4n) is 1.74. The molecule has 21 heavy (non-hydrogen) atoms. The number of nitrogens with one attached hydrogen (secondary N) is 2. The van der Waals surface area contributed by atoms with Gasteiger partial charge in [-0.25, -0.2) is 12.8 Å². The Morgan fingerprint density at radius 1 is 1.29 bits per heavy atom. The maximum absolute atomic E-state index is 13.6. The summed E-state index contributed by atoms with van der Waals surface area (Å²) >= 11 is 0. The number of rotatable bonds is 7. The van der Waals surface area contributed by atoms with Crippen molar-refractivity contribution in [2.45, 2.75) is 38.1 Å². The van der Waals surface area contributed by atoms with Crippen molar-refractivity contribution in [3.05, 3.63) is 30.1 Å². The molecule has 0 bridgehead atoms. The maximum Gasteiger partial charge on any atom is 0.244 e. The van der Waals surface area contributed by atoms with E-state index < -0.39 is 32.7 Å². The molecule has 1 atom stereocenters. The molecule has 0 aliphatic carbocycles. The van der Waals surface area contributed by atoms with E-state index in [9.17, 15) is 17.6 Å². The van der Waals surface area contributed by atoms with Gasteiger partial charge in [-0.3, -0.25) is 4.79 Å². The normalized spacial score (nSPS) is 13.2. The smallest absolute Gasteiger partial charge is 0.244 e. The zero-order chi connectivity index (χ0) is 16.0. The third-order valence-corrected chi connectivity index (χ3v) is 4.38. The molecule has 0 spiro atoms. The number of hydrogen-bond donors (Lipinski definition) is 2. The molecule has 1 aromatic rings. The van der Waals surface area contributed by atoms with Gasteiger partial charge in [-0.15, -0.1) is 0 Å². The second kappa shape index (κ2) is 7.51.